The summed E-state index contributed by atoms with van der Waals surface area (Å²) in [6.07, 6.45) is 8.38. The molecule has 0 aromatic rings. The van der Waals surface area contributed by atoms with Gasteiger partial charge in [0.2, 0.25) is 0 Å². The average Bonchev–Trinajstić information content (AvgIpc) is 2.18. The van der Waals surface area contributed by atoms with E-state index < -0.39 is 0 Å². The predicted octanol–water partition coefficient (Wildman–Crippen LogP) is 2.11. The smallest absolute Gasteiger partial charge is 0.105 e. The van der Waals surface area contributed by atoms with Crippen molar-refractivity contribution in [2.24, 2.45) is 5.92 Å². The zero-order valence-electron chi connectivity index (χ0n) is 5.87. The van der Waals surface area contributed by atoms with Crippen LogP contribution in [0.1, 0.15) is 13.8 Å². The third-order valence-electron chi connectivity index (χ3n) is 1.55. The van der Waals surface area contributed by atoms with Crippen molar-refractivity contribution in [2.45, 2.75) is 20.0 Å². The Balaban J connectivity index is 2.49. The van der Waals surface area contributed by atoms with E-state index in [1.165, 1.54) is 0 Å². The van der Waals surface area contributed by atoms with Crippen LogP contribution in [0, 0.1) is 5.92 Å². The van der Waals surface area contributed by atoms with Crippen molar-refractivity contribution in [1.82, 2.24) is 0 Å². The first kappa shape index (κ1) is 6.40. The van der Waals surface area contributed by atoms with Gasteiger partial charge in [0, 0.05) is 5.92 Å². The van der Waals surface area contributed by atoms with Crippen LogP contribution in [-0.2, 0) is 4.74 Å². The van der Waals surface area contributed by atoms with Crippen LogP contribution in [0.4, 0.5) is 0 Å². The van der Waals surface area contributed by atoms with Crippen LogP contribution < -0.4 is 0 Å². The minimum absolute atomic E-state index is 0.334. The van der Waals surface area contributed by atoms with Gasteiger partial charge in [0.05, 0.1) is 6.26 Å². The molecule has 0 amide bonds. The summed E-state index contributed by atoms with van der Waals surface area (Å²) in [5, 5.41) is 0. The molecule has 0 aromatic heterocycles. The Hall–Kier alpha value is -0.720. The Bertz CT molecular complexity index is 136. The molecule has 0 saturated carbocycles. The topological polar surface area (TPSA) is 9.23 Å². The lowest BCUT2D eigenvalue weighted by atomic mass is 10.1. The number of ether oxygens (including phenoxy) is 1. The summed E-state index contributed by atoms with van der Waals surface area (Å²) in [5.74, 6) is 0.495. The molecular weight excluding hydrogens is 112 g/mol. The van der Waals surface area contributed by atoms with Crippen LogP contribution in [0.2, 0.25) is 0 Å². The minimum Gasteiger partial charge on any atom is -0.498 e. The van der Waals surface area contributed by atoms with Gasteiger partial charge in [0.15, 0.2) is 0 Å². The molecule has 2 atom stereocenters. The van der Waals surface area contributed by atoms with E-state index in [-0.39, 0.29) is 0 Å². The summed E-state index contributed by atoms with van der Waals surface area (Å²) >= 11 is 0. The van der Waals surface area contributed by atoms with Gasteiger partial charge in [-0.2, -0.15) is 0 Å². The third-order valence-corrected chi connectivity index (χ3v) is 1.55. The summed E-state index contributed by atoms with van der Waals surface area (Å²) in [6.45, 7) is 4.10. The highest BCUT2D eigenvalue weighted by Crippen LogP contribution is 2.17. The molecule has 1 aliphatic heterocycles. The van der Waals surface area contributed by atoms with Gasteiger partial charge in [-0.3, -0.25) is 0 Å². The van der Waals surface area contributed by atoms with Crippen LogP contribution in [0.5, 0.6) is 0 Å². The summed E-state index contributed by atoms with van der Waals surface area (Å²) in [7, 11) is 0. The molecule has 50 valence electrons. The molecule has 0 aromatic carbocycles. The fourth-order valence-electron chi connectivity index (χ4n) is 0.950. The largest absolute Gasteiger partial charge is 0.498 e. The highest BCUT2D eigenvalue weighted by Gasteiger charge is 2.15. The van der Waals surface area contributed by atoms with E-state index in [1.54, 1.807) is 6.26 Å². The third kappa shape index (κ3) is 1.35. The Morgan fingerprint density at radius 2 is 2.33 bits per heavy atom. The van der Waals surface area contributed by atoms with Crippen LogP contribution in [-0.4, -0.2) is 6.10 Å². The van der Waals surface area contributed by atoms with E-state index in [0.29, 0.717) is 12.0 Å². The normalized spacial score (nSPS) is 33.6. The summed E-state index contributed by atoms with van der Waals surface area (Å²) in [6, 6.07) is 0. The van der Waals surface area contributed by atoms with E-state index >= 15 is 0 Å². The first-order chi connectivity index (χ1) is 4.34. The van der Waals surface area contributed by atoms with Crippen molar-refractivity contribution in [1.29, 1.82) is 0 Å². The van der Waals surface area contributed by atoms with Crippen molar-refractivity contribution in [3.05, 3.63) is 24.5 Å². The van der Waals surface area contributed by atoms with Gasteiger partial charge < -0.3 is 4.74 Å². The van der Waals surface area contributed by atoms with Crippen molar-refractivity contribution in [3.8, 4) is 0 Å². The molecule has 0 N–H and O–H groups in total. The fraction of sp³-hybridized carbons (Fsp3) is 0.500. The standard InChI is InChI=1S/C8H12O/c1-3-4-8-5-6-9-7(8)2/h3-8H,1-2H3/b4-3-. The van der Waals surface area contributed by atoms with E-state index in [4.69, 9.17) is 4.74 Å². The van der Waals surface area contributed by atoms with Gasteiger partial charge in [-0.1, -0.05) is 12.2 Å². The maximum atomic E-state index is 5.19. The van der Waals surface area contributed by atoms with Crippen LogP contribution in [0.25, 0.3) is 0 Å². The Labute approximate surface area is 56.0 Å². The highest BCUT2D eigenvalue weighted by molar-refractivity contribution is 5.04. The van der Waals surface area contributed by atoms with Gasteiger partial charge in [-0.25, -0.2) is 0 Å². The molecule has 1 heteroatoms. The first-order valence-electron chi connectivity index (χ1n) is 3.29. The van der Waals surface area contributed by atoms with E-state index in [1.807, 2.05) is 6.92 Å². The van der Waals surface area contributed by atoms with Crippen LogP contribution in [0.3, 0.4) is 0 Å². The molecule has 0 aliphatic carbocycles. The fourth-order valence-corrected chi connectivity index (χ4v) is 0.950. The SMILES string of the molecule is C/C=C\C1C=COC1C. The Morgan fingerprint density at radius 1 is 1.56 bits per heavy atom. The lowest BCUT2D eigenvalue weighted by Crippen LogP contribution is -2.08. The van der Waals surface area contributed by atoms with Gasteiger partial charge in [0.1, 0.15) is 6.10 Å². The van der Waals surface area contributed by atoms with Crippen LogP contribution >= 0.6 is 0 Å². The van der Waals surface area contributed by atoms with Crippen LogP contribution in [0.15, 0.2) is 24.5 Å². The number of allylic oxidation sites excluding steroid dienone is 1. The Morgan fingerprint density at radius 3 is 2.78 bits per heavy atom. The lowest BCUT2D eigenvalue weighted by Gasteiger charge is -2.07. The molecular formula is C8H12O. The van der Waals surface area contributed by atoms with Gasteiger partial charge in [-0.05, 0) is 19.9 Å². The molecule has 1 heterocycles. The molecule has 0 radical (unpaired) electrons. The number of rotatable bonds is 1. The molecule has 0 fully saturated rings. The second kappa shape index (κ2) is 2.72. The second-order valence-corrected chi connectivity index (χ2v) is 2.27. The monoisotopic (exact) mass is 124 g/mol. The van der Waals surface area contributed by atoms with Gasteiger partial charge in [-0.15, -0.1) is 0 Å². The quantitative estimate of drug-likeness (QED) is 0.486. The maximum Gasteiger partial charge on any atom is 0.105 e. The maximum absolute atomic E-state index is 5.19. The van der Waals surface area contributed by atoms with Crippen molar-refractivity contribution in [3.63, 3.8) is 0 Å². The molecule has 1 rings (SSSR count). The summed E-state index contributed by atoms with van der Waals surface area (Å²) in [5.41, 5.74) is 0. The lowest BCUT2D eigenvalue weighted by molar-refractivity contribution is 0.167. The first-order valence-corrected chi connectivity index (χ1v) is 3.29. The molecule has 0 bridgehead atoms. The molecule has 0 saturated heterocycles. The van der Waals surface area contributed by atoms with E-state index in [2.05, 4.69) is 25.2 Å². The minimum atomic E-state index is 0.334. The van der Waals surface area contributed by atoms with Crippen molar-refractivity contribution >= 4 is 0 Å². The van der Waals surface area contributed by atoms with E-state index in [0.717, 1.165) is 0 Å². The zero-order chi connectivity index (χ0) is 6.69. The number of hydrogen-bond acceptors (Lipinski definition) is 1. The predicted molar refractivity (Wildman–Crippen MR) is 38.0 cm³/mol. The molecule has 0 spiro atoms. The molecule has 2 unspecified atom stereocenters. The molecule has 1 nitrogen and oxygen atoms in total. The van der Waals surface area contributed by atoms with Crippen molar-refractivity contribution in [2.75, 3.05) is 0 Å². The Kier molecular flexibility index (Phi) is 1.93. The second-order valence-electron chi connectivity index (χ2n) is 2.27. The highest BCUT2D eigenvalue weighted by atomic mass is 16.5. The van der Waals surface area contributed by atoms with Gasteiger partial charge in [0.25, 0.3) is 0 Å². The average molecular weight is 124 g/mol. The summed E-state index contributed by atoms with van der Waals surface area (Å²) < 4.78 is 5.19. The van der Waals surface area contributed by atoms with Crippen molar-refractivity contribution < 1.29 is 4.74 Å². The molecule has 9 heavy (non-hydrogen) atoms. The van der Waals surface area contributed by atoms with E-state index in [9.17, 15) is 0 Å². The summed E-state index contributed by atoms with van der Waals surface area (Å²) in [4.78, 5) is 0. The zero-order valence-corrected chi connectivity index (χ0v) is 5.87. The van der Waals surface area contributed by atoms with Gasteiger partial charge >= 0.3 is 0 Å². The molecule has 1 aliphatic rings. The number of hydrogen-bond donors (Lipinski definition) is 0.